The van der Waals surface area contributed by atoms with Crippen LogP contribution >= 0.6 is 0 Å². The van der Waals surface area contributed by atoms with Crippen molar-refractivity contribution in [3.05, 3.63) is 0 Å². The molecule has 98 valence electrons. The number of rotatable bonds is 7. The van der Waals surface area contributed by atoms with E-state index in [9.17, 15) is 13.5 Å². The van der Waals surface area contributed by atoms with Gasteiger partial charge in [0.05, 0.1) is 16.6 Å². The molecule has 16 heavy (non-hydrogen) atoms. The van der Waals surface area contributed by atoms with E-state index in [0.29, 0.717) is 13.1 Å². The zero-order chi connectivity index (χ0) is 13.0. The number of hydrogen-bond donors (Lipinski definition) is 1. The van der Waals surface area contributed by atoms with Crippen molar-refractivity contribution >= 4 is 9.84 Å². The van der Waals surface area contributed by atoms with Crippen LogP contribution in [-0.4, -0.2) is 54.7 Å². The van der Waals surface area contributed by atoms with Crippen LogP contribution in [0.5, 0.6) is 0 Å². The van der Waals surface area contributed by atoms with Crippen molar-refractivity contribution in [2.45, 2.75) is 45.5 Å². The van der Waals surface area contributed by atoms with Gasteiger partial charge in [0.15, 0.2) is 9.84 Å². The van der Waals surface area contributed by atoms with Crippen LogP contribution in [0.25, 0.3) is 0 Å². The second-order valence-corrected chi connectivity index (χ2v) is 7.77. The predicted molar refractivity (Wildman–Crippen MR) is 67.3 cm³/mol. The molecule has 1 N–H and O–H groups in total. The Morgan fingerprint density at radius 3 is 2.12 bits per heavy atom. The highest BCUT2D eigenvalue weighted by Gasteiger charge is 2.21. The summed E-state index contributed by atoms with van der Waals surface area (Å²) in [6.45, 7) is 10.5. The Labute approximate surface area is 99.6 Å². The first-order chi connectivity index (χ1) is 7.08. The lowest BCUT2D eigenvalue weighted by molar-refractivity contribution is 0.0398. The number of likely N-dealkylation sites (N-methyl/N-ethyl adjacent to an activating group) is 1. The zero-order valence-corrected chi connectivity index (χ0v) is 11.8. The molecule has 0 aliphatic rings. The Morgan fingerprint density at radius 2 is 1.81 bits per heavy atom. The lowest BCUT2D eigenvalue weighted by Gasteiger charge is -2.28. The standard InChI is InChI=1S/C11H25NO3S/c1-6-12(9-11(4,5)13)7-8-16(14,15)10(2)3/h10,13H,6-9H2,1-5H3. The molecule has 0 saturated heterocycles. The quantitative estimate of drug-likeness (QED) is 0.730. The van der Waals surface area contributed by atoms with E-state index in [-0.39, 0.29) is 11.0 Å². The van der Waals surface area contributed by atoms with Crippen LogP contribution < -0.4 is 0 Å². The fraction of sp³-hybridized carbons (Fsp3) is 1.00. The van der Waals surface area contributed by atoms with Crippen LogP contribution in [-0.2, 0) is 9.84 Å². The molecule has 4 nitrogen and oxygen atoms in total. The van der Waals surface area contributed by atoms with E-state index in [2.05, 4.69) is 0 Å². The zero-order valence-electron chi connectivity index (χ0n) is 11.0. The third-order valence-corrected chi connectivity index (χ3v) is 4.66. The Kier molecular flexibility index (Phi) is 5.93. The van der Waals surface area contributed by atoms with E-state index in [0.717, 1.165) is 6.54 Å². The molecule has 0 aromatic rings. The third kappa shape index (κ3) is 6.45. The fourth-order valence-corrected chi connectivity index (χ4v) is 2.37. The molecule has 0 saturated carbocycles. The van der Waals surface area contributed by atoms with Gasteiger partial charge in [0.2, 0.25) is 0 Å². The van der Waals surface area contributed by atoms with Crippen molar-refractivity contribution < 1.29 is 13.5 Å². The van der Waals surface area contributed by atoms with Crippen LogP contribution in [0.3, 0.4) is 0 Å². The van der Waals surface area contributed by atoms with Gasteiger partial charge in [-0.3, -0.25) is 4.90 Å². The highest BCUT2D eigenvalue weighted by Crippen LogP contribution is 2.06. The minimum Gasteiger partial charge on any atom is -0.389 e. The molecule has 0 atom stereocenters. The molecule has 0 rings (SSSR count). The van der Waals surface area contributed by atoms with Gasteiger partial charge in [-0.05, 0) is 34.2 Å². The number of sulfone groups is 1. The molecular formula is C11H25NO3S. The van der Waals surface area contributed by atoms with Crippen molar-refractivity contribution in [1.82, 2.24) is 4.90 Å². The Balaban J connectivity index is 4.27. The predicted octanol–water partition coefficient (Wildman–Crippen LogP) is 0.902. The fourth-order valence-electron chi connectivity index (χ4n) is 1.39. The van der Waals surface area contributed by atoms with E-state index in [1.54, 1.807) is 27.7 Å². The van der Waals surface area contributed by atoms with Crippen molar-refractivity contribution in [2.75, 3.05) is 25.4 Å². The number of aliphatic hydroxyl groups is 1. The molecule has 0 unspecified atom stereocenters. The molecule has 5 heteroatoms. The third-order valence-electron chi connectivity index (χ3n) is 2.47. The van der Waals surface area contributed by atoms with E-state index < -0.39 is 15.4 Å². The number of hydrogen-bond acceptors (Lipinski definition) is 4. The van der Waals surface area contributed by atoms with Crippen LogP contribution in [0.4, 0.5) is 0 Å². The first-order valence-electron chi connectivity index (χ1n) is 5.75. The first-order valence-corrected chi connectivity index (χ1v) is 7.46. The maximum atomic E-state index is 11.6. The van der Waals surface area contributed by atoms with E-state index >= 15 is 0 Å². The summed E-state index contributed by atoms with van der Waals surface area (Å²) in [7, 11) is -2.98. The van der Waals surface area contributed by atoms with Gasteiger partial charge in [-0.2, -0.15) is 0 Å². The summed E-state index contributed by atoms with van der Waals surface area (Å²) in [5.74, 6) is 0.161. The molecule has 0 aromatic carbocycles. The summed E-state index contributed by atoms with van der Waals surface area (Å²) in [6.07, 6.45) is 0. The van der Waals surface area contributed by atoms with Gasteiger partial charge in [-0.1, -0.05) is 6.92 Å². The summed E-state index contributed by atoms with van der Waals surface area (Å²) in [6, 6.07) is 0. The van der Waals surface area contributed by atoms with Crippen LogP contribution in [0.1, 0.15) is 34.6 Å². The van der Waals surface area contributed by atoms with Gasteiger partial charge in [-0.15, -0.1) is 0 Å². The Bertz CT molecular complexity index is 291. The van der Waals surface area contributed by atoms with Crippen LogP contribution in [0, 0.1) is 0 Å². The highest BCUT2D eigenvalue weighted by atomic mass is 32.2. The smallest absolute Gasteiger partial charge is 0.153 e. The van der Waals surface area contributed by atoms with Gasteiger partial charge in [-0.25, -0.2) is 8.42 Å². The molecule has 0 fully saturated rings. The molecule has 0 bridgehead atoms. The molecule has 0 aromatic heterocycles. The summed E-state index contributed by atoms with van der Waals surface area (Å²) >= 11 is 0. The monoisotopic (exact) mass is 251 g/mol. The molecule has 0 heterocycles. The molecule has 0 amide bonds. The molecule has 0 spiro atoms. The van der Waals surface area contributed by atoms with Gasteiger partial charge in [0, 0.05) is 13.1 Å². The van der Waals surface area contributed by atoms with E-state index in [4.69, 9.17) is 0 Å². The summed E-state index contributed by atoms with van der Waals surface area (Å²) in [4.78, 5) is 1.96. The lowest BCUT2D eigenvalue weighted by Crippen LogP contribution is -2.41. The largest absolute Gasteiger partial charge is 0.389 e. The first kappa shape index (κ1) is 15.9. The molecular weight excluding hydrogens is 226 g/mol. The lowest BCUT2D eigenvalue weighted by atomic mass is 10.1. The normalized spacial score (nSPS) is 13.8. The minimum atomic E-state index is -2.98. The minimum absolute atomic E-state index is 0.161. The molecule has 0 radical (unpaired) electrons. The SMILES string of the molecule is CCN(CCS(=O)(=O)C(C)C)CC(C)(C)O. The molecule has 0 aliphatic heterocycles. The highest BCUT2D eigenvalue weighted by molar-refractivity contribution is 7.92. The maximum Gasteiger partial charge on any atom is 0.153 e. The van der Waals surface area contributed by atoms with Gasteiger partial charge in [0.25, 0.3) is 0 Å². The number of nitrogens with zero attached hydrogens (tertiary/aromatic N) is 1. The Morgan fingerprint density at radius 1 is 1.31 bits per heavy atom. The Hall–Kier alpha value is -0.130. The van der Waals surface area contributed by atoms with E-state index in [1.165, 1.54) is 0 Å². The van der Waals surface area contributed by atoms with E-state index in [1.807, 2.05) is 11.8 Å². The summed E-state index contributed by atoms with van der Waals surface area (Å²) in [5.41, 5.74) is -0.780. The van der Waals surface area contributed by atoms with Crippen LogP contribution in [0.15, 0.2) is 0 Å². The average molecular weight is 251 g/mol. The van der Waals surface area contributed by atoms with Crippen molar-refractivity contribution in [3.8, 4) is 0 Å². The summed E-state index contributed by atoms with van der Waals surface area (Å²) < 4.78 is 23.3. The second-order valence-electron chi connectivity index (χ2n) is 5.10. The van der Waals surface area contributed by atoms with Gasteiger partial charge >= 0.3 is 0 Å². The van der Waals surface area contributed by atoms with Crippen LogP contribution in [0.2, 0.25) is 0 Å². The van der Waals surface area contributed by atoms with Gasteiger partial charge in [0.1, 0.15) is 0 Å². The second kappa shape index (κ2) is 5.98. The summed E-state index contributed by atoms with van der Waals surface area (Å²) in [5, 5.41) is 9.34. The maximum absolute atomic E-state index is 11.6. The van der Waals surface area contributed by atoms with Crippen molar-refractivity contribution in [3.63, 3.8) is 0 Å². The van der Waals surface area contributed by atoms with Crippen molar-refractivity contribution in [2.24, 2.45) is 0 Å². The van der Waals surface area contributed by atoms with Crippen molar-refractivity contribution in [1.29, 1.82) is 0 Å². The van der Waals surface area contributed by atoms with Gasteiger partial charge < -0.3 is 5.11 Å². The average Bonchev–Trinajstić information content (AvgIpc) is 2.10. The molecule has 0 aliphatic carbocycles. The topological polar surface area (TPSA) is 57.6 Å².